The molecule has 0 spiro atoms. The number of piperazine rings is 1. The highest BCUT2D eigenvalue weighted by molar-refractivity contribution is 5.96. The number of hydrogen-bond acceptors (Lipinski definition) is 4. The average Bonchev–Trinajstić information content (AvgIpc) is 3.60. The van der Waals surface area contributed by atoms with Gasteiger partial charge in [0.05, 0.1) is 13.7 Å². The minimum absolute atomic E-state index is 0.0673. The summed E-state index contributed by atoms with van der Waals surface area (Å²) in [5, 5.41) is 0. The Morgan fingerprint density at radius 2 is 1.70 bits per heavy atom. The van der Waals surface area contributed by atoms with Crippen molar-refractivity contribution in [1.82, 2.24) is 9.80 Å². The Kier molecular flexibility index (Phi) is 6.49. The van der Waals surface area contributed by atoms with E-state index < -0.39 is 6.04 Å². The fourth-order valence-electron chi connectivity index (χ4n) is 4.86. The molecule has 6 heteroatoms. The largest absolute Gasteiger partial charge is 0.493 e. The van der Waals surface area contributed by atoms with Crippen LogP contribution in [-0.4, -0.2) is 54.0 Å². The van der Waals surface area contributed by atoms with Crippen LogP contribution in [0.5, 0.6) is 11.5 Å². The topological polar surface area (TPSA) is 59.1 Å². The van der Waals surface area contributed by atoms with Crippen molar-refractivity contribution in [3.05, 3.63) is 23.8 Å². The molecule has 1 aromatic carbocycles. The minimum Gasteiger partial charge on any atom is -0.493 e. The fourth-order valence-corrected chi connectivity index (χ4v) is 4.86. The van der Waals surface area contributed by atoms with Crippen molar-refractivity contribution in [3.63, 3.8) is 0 Å². The first-order valence-electron chi connectivity index (χ1n) is 11.6. The Hall–Kier alpha value is -2.24. The summed E-state index contributed by atoms with van der Waals surface area (Å²) in [4.78, 5) is 30.6. The maximum absolute atomic E-state index is 13.7. The molecule has 30 heavy (non-hydrogen) atoms. The van der Waals surface area contributed by atoms with Crippen LogP contribution in [0.3, 0.4) is 0 Å². The van der Waals surface area contributed by atoms with Gasteiger partial charge in [-0.15, -0.1) is 0 Å². The maximum atomic E-state index is 13.7. The Morgan fingerprint density at radius 3 is 2.33 bits per heavy atom. The smallest absolute Gasteiger partial charge is 0.250 e. The lowest BCUT2D eigenvalue weighted by atomic mass is 9.97. The molecule has 0 N–H and O–H groups in total. The molecule has 0 bridgehead atoms. The van der Waals surface area contributed by atoms with E-state index in [1.807, 2.05) is 28.0 Å². The van der Waals surface area contributed by atoms with Gasteiger partial charge in [-0.05, 0) is 49.8 Å². The average molecular weight is 415 g/mol. The van der Waals surface area contributed by atoms with E-state index in [1.54, 1.807) is 7.11 Å². The summed E-state index contributed by atoms with van der Waals surface area (Å²) in [5.74, 6) is 1.44. The Labute approximate surface area is 179 Å². The van der Waals surface area contributed by atoms with Crippen LogP contribution < -0.4 is 9.47 Å². The number of carbonyl (C=O) groups excluding carboxylic acids is 2. The van der Waals surface area contributed by atoms with Crippen LogP contribution in [0.25, 0.3) is 0 Å². The third-order valence-corrected chi connectivity index (χ3v) is 6.56. The summed E-state index contributed by atoms with van der Waals surface area (Å²) in [5.41, 5.74) is 0.819. The van der Waals surface area contributed by atoms with Gasteiger partial charge < -0.3 is 19.3 Å². The van der Waals surface area contributed by atoms with Crippen molar-refractivity contribution >= 4 is 11.8 Å². The molecule has 1 aliphatic heterocycles. The van der Waals surface area contributed by atoms with Gasteiger partial charge in [0.1, 0.15) is 12.6 Å². The van der Waals surface area contributed by atoms with E-state index in [0.29, 0.717) is 18.1 Å². The number of hydrogen-bond donors (Lipinski definition) is 0. The second-order valence-corrected chi connectivity index (χ2v) is 8.81. The van der Waals surface area contributed by atoms with Gasteiger partial charge in [-0.2, -0.15) is 0 Å². The highest BCUT2D eigenvalue weighted by Gasteiger charge is 2.48. The van der Waals surface area contributed by atoms with Crippen molar-refractivity contribution in [2.24, 2.45) is 0 Å². The molecule has 4 rings (SSSR count). The van der Waals surface area contributed by atoms with Gasteiger partial charge in [-0.25, -0.2) is 0 Å². The number of ether oxygens (including phenoxy) is 2. The van der Waals surface area contributed by atoms with Crippen molar-refractivity contribution in [3.8, 4) is 11.5 Å². The van der Waals surface area contributed by atoms with Crippen LogP contribution in [0.15, 0.2) is 18.2 Å². The van der Waals surface area contributed by atoms with E-state index in [-0.39, 0.29) is 30.4 Å². The second-order valence-electron chi connectivity index (χ2n) is 8.81. The minimum atomic E-state index is -0.559. The lowest BCUT2D eigenvalue weighted by Gasteiger charge is -2.44. The first-order chi connectivity index (χ1) is 14.6. The summed E-state index contributed by atoms with van der Waals surface area (Å²) >= 11 is 0. The maximum Gasteiger partial charge on any atom is 0.250 e. The predicted octanol–water partition coefficient (Wildman–Crippen LogP) is 4.08. The molecule has 1 heterocycles. The molecule has 2 aliphatic carbocycles. The van der Waals surface area contributed by atoms with Gasteiger partial charge >= 0.3 is 0 Å². The molecule has 164 valence electrons. The Bertz CT molecular complexity index is 768. The van der Waals surface area contributed by atoms with Crippen LogP contribution in [0.1, 0.15) is 76.3 Å². The van der Waals surface area contributed by atoms with E-state index >= 15 is 0 Å². The third kappa shape index (κ3) is 4.28. The zero-order chi connectivity index (χ0) is 21.1. The number of amides is 2. The summed E-state index contributed by atoms with van der Waals surface area (Å²) in [7, 11) is 1.61. The van der Waals surface area contributed by atoms with Crippen LogP contribution in [0, 0.1) is 0 Å². The van der Waals surface area contributed by atoms with E-state index in [4.69, 9.17) is 9.47 Å². The summed E-state index contributed by atoms with van der Waals surface area (Å²) in [6.07, 6.45) is 9.59. The summed E-state index contributed by atoms with van der Waals surface area (Å²) in [6, 6.07) is 5.49. The van der Waals surface area contributed by atoms with E-state index in [2.05, 4.69) is 6.92 Å². The van der Waals surface area contributed by atoms with E-state index in [0.717, 1.165) is 50.5 Å². The van der Waals surface area contributed by atoms with Gasteiger partial charge in [0.2, 0.25) is 5.91 Å². The summed E-state index contributed by atoms with van der Waals surface area (Å²) in [6.45, 7) is 2.90. The van der Waals surface area contributed by atoms with Crippen LogP contribution >= 0.6 is 0 Å². The van der Waals surface area contributed by atoms with Gasteiger partial charge in [0.15, 0.2) is 11.5 Å². The number of nitrogens with zero attached hydrogens (tertiary/aromatic N) is 2. The molecule has 2 saturated carbocycles. The normalized spacial score (nSPS) is 23.5. The SMILES string of the molecule is CCCOc1ccc([C@H]2C(=O)N(C3CCCCCC3)CC(=O)N2C2CC2)cc1OC. The Morgan fingerprint density at radius 1 is 0.967 bits per heavy atom. The number of rotatable bonds is 7. The van der Waals surface area contributed by atoms with Crippen molar-refractivity contribution < 1.29 is 19.1 Å². The molecule has 2 amide bonds. The zero-order valence-electron chi connectivity index (χ0n) is 18.3. The van der Waals surface area contributed by atoms with E-state index in [9.17, 15) is 9.59 Å². The standard InChI is InChI=1S/C24H34N2O4/c1-3-14-30-20-13-10-17(15-21(20)29-2)23-24(28)25(18-8-6-4-5-7-9-18)16-22(27)26(23)19-11-12-19/h10,13,15,18-19,23H,3-9,11-12,14,16H2,1-2H3/t23-/m0/s1. The molecule has 0 radical (unpaired) electrons. The summed E-state index contributed by atoms with van der Waals surface area (Å²) < 4.78 is 11.3. The molecule has 1 saturated heterocycles. The number of benzene rings is 1. The number of methoxy groups -OCH3 is 1. The molecule has 1 aromatic rings. The first-order valence-corrected chi connectivity index (χ1v) is 11.6. The van der Waals surface area contributed by atoms with Crippen LogP contribution in [0.2, 0.25) is 0 Å². The second kappa shape index (κ2) is 9.27. The highest BCUT2D eigenvalue weighted by Crippen LogP contribution is 2.41. The van der Waals surface area contributed by atoms with Crippen LogP contribution in [-0.2, 0) is 9.59 Å². The zero-order valence-corrected chi connectivity index (χ0v) is 18.3. The van der Waals surface area contributed by atoms with Crippen molar-refractivity contribution in [1.29, 1.82) is 0 Å². The third-order valence-electron chi connectivity index (χ3n) is 6.56. The first kappa shape index (κ1) is 21.0. The molecule has 3 fully saturated rings. The molecule has 1 atom stereocenters. The number of carbonyl (C=O) groups is 2. The lowest BCUT2D eigenvalue weighted by molar-refractivity contribution is -0.159. The van der Waals surface area contributed by atoms with Crippen molar-refractivity contribution in [2.75, 3.05) is 20.3 Å². The molecule has 0 unspecified atom stereocenters. The molecule has 6 nitrogen and oxygen atoms in total. The van der Waals surface area contributed by atoms with Crippen molar-refractivity contribution in [2.45, 2.75) is 82.8 Å². The molecule has 0 aromatic heterocycles. The van der Waals surface area contributed by atoms with Gasteiger partial charge in [-0.1, -0.05) is 38.7 Å². The van der Waals surface area contributed by atoms with E-state index in [1.165, 1.54) is 12.8 Å². The highest BCUT2D eigenvalue weighted by atomic mass is 16.5. The fraction of sp³-hybridized carbons (Fsp3) is 0.667. The van der Waals surface area contributed by atoms with Gasteiger partial charge in [0.25, 0.3) is 5.91 Å². The predicted molar refractivity (Wildman–Crippen MR) is 115 cm³/mol. The monoisotopic (exact) mass is 414 g/mol. The molecule has 3 aliphatic rings. The molecular formula is C24H34N2O4. The molecular weight excluding hydrogens is 380 g/mol. The Balaban J connectivity index is 1.65. The lowest BCUT2D eigenvalue weighted by Crippen LogP contribution is -2.58. The quantitative estimate of drug-likeness (QED) is 0.631. The van der Waals surface area contributed by atoms with Gasteiger partial charge in [0, 0.05) is 12.1 Å². The van der Waals surface area contributed by atoms with Gasteiger partial charge in [-0.3, -0.25) is 9.59 Å². The van der Waals surface area contributed by atoms with Crippen LogP contribution in [0.4, 0.5) is 0 Å².